The highest BCUT2D eigenvalue weighted by molar-refractivity contribution is 5.69. The van der Waals surface area contributed by atoms with Gasteiger partial charge in [0.25, 0.3) is 0 Å². The highest BCUT2D eigenvalue weighted by Crippen LogP contribution is 2.14. The Bertz CT molecular complexity index is 204. The fraction of sp³-hybridized carbons (Fsp3) is 0.917. The maximum Gasteiger partial charge on any atom is 0.306 e. The molecule has 0 saturated heterocycles. The number of hydrogen-bond donors (Lipinski definition) is 1. The molecular weight excluding hydrogens is 190 g/mol. The van der Waals surface area contributed by atoms with Gasteiger partial charge in [-0.3, -0.25) is 4.79 Å². The molecule has 0 aliphatic heterocycles. The van der Waals surface area contributed by atoms with Gasteiger partial charge in [-0.1, -0.05) is 0 Å². The van der Waals surface area contributed by atoms with Gasteiger partial charge in [0, 0.05) is 12.0 Å². The molecular formula is C12H25NO2. The lowest BCUT2D eigenvalue weighted by atomic mass is 9.98. The molecule has 0 aromatic carbocycles. The summed E-state index contributed by atoms with van der Waals surface area (Å²) >= 11 is 0. The summed E-state index contributed by atoms with van der Waals surface area (Å²) in [6.07, 6.45) is 2.34. The Morgan fingerprint density at radius 1 is 1.20 bits per heavy atom. The second-order valence-electron chi connectivity index (χ2n) is 5.57. The minimum atomic E-state index is -0.365. The fourth-order valence-corrected chi connectivity index (χ4v) is 1.19. The molecule has 0 aromatic heterocycles. The first-order valence-electron chi connectivity index (χ1n) is 5.57. The number of hydrogen-bond acceptors (Lipinski definition) is 3. The summed E-state index contributed by atoms with van der Waals surface area (Å²) < 4.78 is 5.23. The van der Waals surface area contributed by atoms with Crippen molar-refractivity contribution >= 4 is 5.97 Å². The molecule has 3 heteroatoms. The van der Waals surface area contributed by atoms with Gasteiger partial charge in [0.15, 0.2) is 0 Å². The van der Waals surface area contributed by atoms with E-state index in [9.17, 15) is 4.79 Å². The van der Waals surface area contributed by atoms with Crippen LogP contribution in [0.5, 0.6) is 0 Å². The fourth-order valence-electron chi connectivity index (χ4n) is 1.19. The summed E-state index contributed by atoms with van der Waals surface area (Å²) in [5, 5.41) is 3.21. The van der Waals surface area contributed by atoms with Crippen LogP contribution in [-0.4, -0.2) is 24.2 Å². The Balaban J connectivity index is 3.74. The molecule has 0 aromatic rings. The molecule has 0 atom stereocenters. The zero-order chi connectivity index (χ0) is 12.1. The topological polar surface area (TPSA) is 38.3 Å². The molecule has 3 nitrogen and oxygen atoms in total. The van der Waals surface area contributed by atoms with Gasteiger partial charge in [-0.2, -0.15) is 0 Å². The summed E-state index contributed by atoms with van der Waals surface area (Å²) in [6, 6.07) is 0. The lowest BCUT2D eigenvalue weighted by molar-refractivity contribution is -0.154. The number of esters is 1. The monoisotopic (exact) mass is 215 g/mol. The molecule has 90 valence electrons. The predicted molar refractivity (Wildman–Crippen MR) is 62.8 cm³/mol. The number of carbonyl (C=O) groups is 1. The summed E-state index contributed by atoms with van der Waals surface area (Å²) in [4.78, 5) is 11.4. The Labute approximate surface area is 93.6 Å². The second kappa shape index (κ2) is 5.50. The van der Waals surface area contributed by atoms with E-state index in [1.807, 2.05) is 27.8 Å². The van der Waals surface area contributed by atoms with Crippen molar-refractivity contribution in [3.05, 3.63) is 0 Å². The van der Waals surface area contributed by atoms with Crippen LogP contribution in [-0.2, 0) is 9.53 Å². The van der Waals surface area contributed by atoms with Gasteiger partial charge in [0.1, 0.15) is 5.60 Å². The predicted octanol–water partition coefficient (Wildman–Crippen LogP) is 2.50. The summed E-state index contributed by atoms with van der Waals surface area (Å²) in [7, 11) is 1.94. The smallest absolute Gasteiger partial charge is 0.306 e. The maximum absolute atomic E-state index is 11.4. The van der Waals surface area contributed by atoms with Crippen molar-refractivity contribution in [3.8, 4) is 0 Å². The molecule has 0 saturated carbocycles. The Hall–Kier alpha value is -0.570. The average Bonchev–Trinajstić information content (AvgIpc) is 2.00. The van der Waals surface area contributed by atoms with Gasteiger partial charge in [0.05, 0.1) is 0 Å². The lowest BCUT2D eigenvalue weighted by Crippen LogP contribution is -2.36. The van der Waals surface area contributed by atoms with Crippen LogP contribution in [0.25, 0.3) is 0 Å². The van der Waals surface area contributed by atoms with Crippen molar-refractivity contribution in [2.24, 2.45) is 0 Å². The van der Waals surface area contributed by atoms with Gasteiger partial charge in [-0.15, -0.1) is 0 Å². The Morgan fingerprint density at radius 2 is 1.73 bits per heavy atom. The SMILES string of the molecule is CNC(C)(C)CCCC(=O)OC(C)(C)C. The zero-order valence-corrected chi connectivity index (χ0v) is 10.9. The molecule has 0 aliphatic carbocycles. The van der Waals surface area contributed by atoms with Crippen LogP contribution in [0.3, 0.4) is 0 Å². The van der Waals surface area contributed by atoms with Crippen molar-refractivity contribution in [3.63, 3.8) is 0 Å². The molecule has 0 fully saturated rings. The molecule has 0 spiro atoms. The van der Waals surface area contributed by atoms with Gasteiger partial charge in [-0.25, -0.2) is 0 Å². The van der Waals surface area contributed by atoms with E-state index in [0.717, 1.165) is 12.8 Å². The van der Waals surface area contributed by atoms with E-state index >= 15 is 0 Å². The molecule has 15 heavy (non-hydrogen) atoms. The molecule has 0 radical (unpaired) electrons. The number of rotatable bonds is 5. The van der Waals surface area contributed by atoms with E-state index in [1.165, 1.54) is 0 Å². The Kier molecular flexibility index (Phi) is 5.29. The third kappa shape index (κ3) is 8.43. The van der Waals surface area contributed by atoms with Gasteiger partial charge in [0.2, 0.25) is 0 Å². The molecule has 0 amide bonds. The van der Waals surface area contributed by atoms with Crippen molar-refractivity contribution in [2.75, 3.05) is 7.05 Å². The van der Waals surface area contributed by atoms with E-state index in [4.69, 9.17) is 4.74 Å². The number of carbonyl (C=O) groups excluding carboxylic acids is 1. The van der Waals surface area contributed by atoms with Crippen molar-refractivity contribution in [2.45, 2.75) is 65.0 Å². The maximum atomic E-state index is 11.4. The van der Waals surface area contributed by atoms with Gasteiger partial charge < -0.3 is 10.1 Å². The standard InChI is InChI=1S/C12H25NO2/c1-11(2,3)15-10(14)8-7-9-12(4,5)13-6/h13H,7-9H2,1-6H3. The molecule has 0 bridgehead atoms. The van der Waals surface area contributed by atoms with Crippen LogP contribution in [0.2, 0.25) is 0 Å². The minimum absolute atomic E-state index is 0.0992. The summed E-state index contributed by atoms with van der Waals surface area (Å²) in [5.41, 5.74) is -0.266. The summed E-state index contributed by atoms with van der Waals surface area (Å²) in [6.45, 7) is 9.93. The molecule has 1 N–H and O–H groups in total. The van der Waals surface area contributed by atoms with E-state index < -0.39 is 0 Å². The van der Waals surface area contributed by atoms with Gasteiger partial charge in [-0.05, 0) is 54.5 Å². The van der Waals surface area contributed by atoms with Crippen LogP contribution in [0.4, 0.5) is 0 Å². The first kappa shape index (κ1) is 14.4. The largest absolute Gasteiger partial charge is 0.460 e. The molecule has 0 heterocycles. The number of nitrogens with one attached hydrogen (secondary N) is 1. The van der Waals surface area contributed by atoms with Crippen LogP contribution < -0.4 is 5.32 Å². The van der Waals surface area contributed by atoms with Gasteiger partial charge >= 0.3 is 5.97 Å². The van der Waals surface area contributed by atoms with Crippen molar-refractivity contribution in [1.82, 2.24) is 5.32 Å². The molecule has 0 aliphatic rings. The second-order valence-corrected chi connectivity index (χ2v) is 5.57. The average molecular weight is 215 g/mol. The molecule has 0 unspecified atom stereocenters. The van der Waals surface area contributed by atoms with Crippen LogP contribution in [0.1, 0.15) is 53.9 Å². The van der Waals surface area contributed by atoms with Crippen LogP contribution in [0.15, 0.2) is 0 Å². The number of ether oxygens (including phenoxy) is 1. The van der Waals surface area contributed by atoms with E-state index in [1.54, 1.807) is 0 Å². The summed E-state index contributed by atoms with van der Waals surface area (Å²) in [5.74, 6) is -0.102. The minimum Gasteiger partial charge on any atom is -0.460 e. The highest BCUT2D eigenvalue weighted by Gasteiger charge is 2.18. The van der Waals surface area contributed by atoms with E-state index in [-0.39, 0.29) is 17.1 Å². The highest BCUT2D eigenvalue weighted by atomic mass is 16.6. The molecule has 0 rings (SSSR count). The van der Waals surface area contributed by atoms with Crippen LogP contribution in [0, 0.1) is 0 Å². The first-order chi connectivity index (χ1) is 6.66. The normalized spacial score (nSPS) is 12.7. The van der Waals surface area contributed by atoms with Crippen molar-refractivity contribution < 1.29 is 9.53 Å². The quantitative estimate of drug-likeness (QED) is 0.716. The van der Waals surface area contributed by atoms with E-state index in [2.05, 4.69) is 19.2 Å². The lowest BCUT2D eigenvalue weighted by Gasteiger charge is -2.24. The third-order valence-electron chi connectivity index (χ3n) is 2.28. The van der Waals surface area contributed by atoms with E-state index in [0.29, 0.717) is 6.42 Å². The third-order valence-corrected chi connectivity index (χ3v) is 2.28. The Morgan fingerprint density at radius 3 is 2.13 bits per heavy atom. The zero-order valence-electron chi connectivity index (χ0n) is 10.9. The van der Waals surface area contributed by atoms with Crippen molar-refractivity contribution in [1.29, 1.82) is 0 Å². The first-order valence-corrected chi connectivity index (χ1v) is 5.57. The van der Waals surface area contributed by atoms with Crippen LogP contribution >= 0.6 is 0 Å².